The van der Waals surface area contributed by atoms with Crippen molar-refractivity contribution in [2.24, 2.45) is 5.92 Å². The van der Waals surface area contributed by atoms with Gasteiger partial charge in [-0.25, -0.2) is 0 Å². The van der Waals surface area contributed by atoms with Crippen LogP contribution in [0.15, 0.2) is 12.1 Å². The summed E-state index contributed by atoms with van der Waals surface area (Å²) in [7, 11) is 1.69. The normalized spacial score (nSPS) is 12.3. The zero-order valence-corrected chi connectivity index (χ0v) is 11.5. The van der Waals surface area contributed by atoms with Gasteiger partial charge in [0.25, 0.3) is 0 Å². The Morgan fingerprint density at radius 2 is 1.82 bits per heavy atom. The molecule has 0 heterocycles. The smallest absolute Gasteiger partial charge is 0.130 e. The monoisotopic (exact) mass is 234 g/mol. The Hall–Kier alpha value is -1.31. The average molecular weight is 234 g/mol. The van der Waals surface area contributed by atoms with Gasteiger partial charge in [0.2, 0.25) is 0 Å². The Kier molecular flexibility index (Phi) is 4.73. The Morgan fingerprint density at radius 1 is 1.29 bits per heavy atom. The van der Waals surface area contributed by atoms with E-state index in [1.165, 1.54) is 16.7 Å². The molecule has 0 N–H and O–H groups in total. The van der Waals surface area contributed by atoms with E-state index in [-0.39, 0.29) is 5.78 Å². The molecule has 0 bridgehead atoms. The maximum atomic E-state index is 11.1. The van der Waals surface area contributed by atoms with E-state index >= 15 is 0 Å². The van der Waals surface area contributed by atoms with Crippen LogP contribution in [-0.4, -0.2) is 12.9 Å². The molecule has 1 aromatic rings. The highest BCUT2D eigenvalue weighted by Crippen LogP contribution is 2.24. The number of aryl methyl sites for hydroxylation is 2. The molecular weight excluding hydrogens is 212 g/mol. The summed E-state index contributed by atoms with van der Waals surface area (Å²) in [5.41, 5.74) is 3.84. The molecule has 0 radical (unpaired) electrons. The summed E-state index contributed by atoms with van der Waals surface area (Å²) in [6, 6.07) is 4.12. The zero-order chi connectivity index (χ0) is 13.0. The van der Waals surface area contributed by atoms with E-state index in [1.54, 1.807) is 14.0 Å². The van der Waals surface area contributed by atoms with Crippen molar-refractivity contribution < 1.29 is 9.53 Å². The summed E-state index contributed by atoms with van der Waals surface area (Å²) in [5.74, 6) is 1.57. The van der Waals surface area contributed by atoms with Gasteiger partial charge in [-0.2, -0.15) is 0 Å². The SMILES string of the molecule is COc1cc(C)c(CC(C)CC(C)=O)c(C)c1. The van der Waals surface area contributed by atoms with Gasteiger partial charge >= 0.3 is 0 Å². The summed E-state index contributed by atoms with van der Waals surface area (Å²) in [5, 5.41) is 0. The molecule has 2 heteroatoms. The maximum Gasteiger partial charge on any atom is 0.130 e. The highest BCUT2D eigenvalue weighted by molar-refractivity contribution is 5.75. The quantitative estimate of drug-likeness (QED) is 0.779. The number of hydrogen-bond donors (Lipinski definition) is 0. The van der Waals surface area contributed by atoms with Crippen LogP contribution in [0.5, 0.6) is 5.75 Å². The highest BCUT2D eigenvalue weighted by Gasteiger charge is 2.11. The lowest BCUT2D eigenvalue weighted by Crippen LogP contribution is -2.07. The summed E-state index contributed by atoms with van der Waals surface area (Å²) in [6.45, 7) is 7.99. The second-order valence-corrected chi connectivity index (χ2v) is 4.96. The highest BCUT2D eigenvalue weighted by atomic mass is 16.5. The fourth-order valence-corrected chi connectivity index (χ4v) is 2.30. The van der Waals surface area contributed by atoms with Crippen molar-refractivity contribution in [3.8, 4) is 5.75 Å². The molecule has 1 aromatic carbocycles. The molecular formula is C15H22O2. The molecule has 2 nitrogen and oxygen atoms in total. The van der Waals surface area contributed by atoms with Crippen LogP contribution in [-0.2, 0) is 11.2 Å². The molecule has 0 amide bonds. The number of benzene rings is 1. The van der Waals surface area contributed by atoms with Crippen molar-refractivity contribution in [2.75, 3.05) is 7.11 Å². The Labute approximate surface area is 104 Å². The first-order chi connectivity index (χ1) is 7.93. The summed E-state index contributed by atoms with van der Waals surface area (Å²) < 4.78 is 5.25. The fourth-order valence-electron chi connectivity index (χ4n) is 2.30. The van der Waals surface area contributed by atoms with Crippen molar-refractivity contribution in [3.63, 3.8) is 0 Å². The van der Waals surface area contributed by atoms with E-state index in [4.69, 9.17) is 4.74 Å². The van der Waals surface area contributed by atoms with Gasteiger partial charge in [-0.1, -0.05) is 6.92 Å². The van der Waals surface area contributed by atoms with E-state index in [0.29, 0.717) is 12.3 Å². The van der Waals surface area contributed by atoms with Gasteiger partial charge in [0, 0.05) is 6.42 Å². The molecule has 0 aliphatic rings. The largest absolute Gasteiger partial charge is 0.497 e. The second kappa shape index (κ2) is 5.85. The molecule has 0 fully saturated rings. The van der Waals surface area contributed by atoms with Crippen LogP contribution in [0, 0.1) is 19.8 Å². The summed E-state index contributed by atoms with van der Waals surface area (Å²) >= 11 is 0. The number of ether oxygens (including phenoxy) is 1. The van der Waals surface area contributed by atoms with Crippen molar-refractivity contribution in [1.29, 1.82) is 0 Å². The minimum atomic E-state index is 0.265. The van der Waals surface area contributed by atoms with E-state index in [1.807, 2.05) is 0 Å². The minimum absolute atomic E-state index is 0.265. The van der Waals surface area contributed by atoms with Crippen molar-refractivity contribution in [1.82, 2.24) is 0 Å². The van der Waals surface area contributed by atoms with Gasteiger partial charge in [0.15, 0.2) is 0 Å². The number of Topliss-reactive ketones (excluding diaryl/α,β-unsaturated/α-hetero) is 1. The van der Waals surface area contributed by atoms with Crippen molar-refractivity contribution in [2.45, 2.75) is 40.5 Å². The Balaban J connectivity index is 2.87. The van der Waals surface area contributed by atoms with E-state index in [0.717, 1.165) is 12.2 Å². The lowest BCUT2D eigenvalue weighted by atomic mass is 9.91. The first kappa shape index (κ1) is 13.8. The first-order valence-electron chi connectivity index (χ1n) is 6.07. The van der Waals surface area contributed by atoms with Crippen LogP contribution in [0.25, 0.3) is 0 Å². The number of carbonyl (C=O) groups excluding carboxylic acids is 1. The van der Waals surface area contributed by atoms with Crippen LogP contribution in [0.1, 0.15) is 37.0 Å². The number of carbonyl (C=O) groups is 1. The predicted molar refractivity (Wildman–Crippen MR) is 70.6 cm³/mol. The van der Waals surface area contributed by atoms with Gasteiger partial charge in [0.05, 0.1) is 7.11 Å². The standard InChI is InChI=1S/C15H22O2/c1-10(6-13(4)16)7-15-11(2)8-14(17-5)9-12(15)3/h8-10H,6-7H2,1-5H3. The molecule has 0 saturated carbocycles. The molecule has 1 rings (SSSR count). The third kappa shape index (κ3) is 3.88. The topological polar surface area (TPSA) is 26.3 Å². The van der Waals surface area contributed by atoms with Crippen LogP contribution in [0.3, 0.4) is 0 Å². The Bertz CT molecular complexity index is 384. The van der Waals surface area contributed by atoms with Gasteiger partial charge in [-0.3, -0.25) is 0 Å². The van der Waals surface area contributed by atoms with Crippen molar-refractivity contribution >= 4 is 5.78 Å². The summed E-state index contributed by atoms with van der Waals surface area (Å²) in [4.78, 5) is 11.1. The number of rotatable bonds is 5. The average Bonchev–Trinajstić information content (AvgIpc) is 2.22. The lowest BCUT2D eigenvalue weighted by molar-refractivity contribution is -0.117. The van der Waals surface area contributed by atoms with Gasteiger partial charge in [-0.05, 0) is 61.9 Å². The third-order valence-corrected chi connectivity index (χ3v) is 3.09. The second-order valence-electron chi connectivity index (χ2n) is 4.96. The molecule has 0 aliphatic carbocycles. The zero-order valence-electron chi connectivity index (χ0n) is 11.5. The molecule has 0 spiro atoms. The molecule has 0 saturated heterocycles. The van der Waals surface area contributed by atoms with Crippen LogP contribution < -0.4 is 4.74 Å². The molecule has 94 valence electrons. The maximum absolute atomic E-state index is 11.1. The fraction of sp³-hybridized carbons (Fsp3) is 0.533. The third-order valence-electron chi connectivity index (χ3n) is 3.09. The molecule has 0 aliphatic heterocycles. The van der Waals surface area contributed by atoms with E-state index in [2.05, 4.69) is 32.9 Å². The van der Waals surface area contributed by atoms with E-state index in [9.17, 15) is 4.79 Å². The van der Waals surface area contributed by atoms with Gasteiger partial charge < -0.3 is 9.53 Å². The minimum Gasteiger partial charge on any atom is -0.497 e. The van der Waals surface area contributed by atoms with E-state index < -0.39 is 0 Å². The van der Waals surface area contributed by atoms with Gasteiger partial charge in [-0.15, -0.1) is 0 Å². The molecule has 17 heavy (non-hydrogen) atoms. The van der Waals surface area contributed by atoms with Crippen LogP contribution >= 0.6 is 0 Å². The predicted octanol–water partition coefficient (Wildman–Crippen LogP) is 3.47. The number of hydrogen-bond acceptors (Lipinski definition) is 2. The first-order valence-corrected chi connectivity index (χ1v) is 6.07. The molecule has 0 aromatic heterocycles. The number of ketones is 1. The van der Waals surface area contributed by atoms with Gasteiger partial charge in [0.1, 0.15) is 11.5 Å². The lowest BCUT2D eigenvalue weighted by Gasteiger charge is -2.15. The van der Waals surface area contributed by atoms with Crippen molar-refractivity contribution in [3.05, 3.63) is 28.8 Å². The number of methoxy groups -OCH3 is 1. The Morgan fingerprint density at radius 3 is 2.24 bits per heavy atom. The van der Waals surface area contributed by atoms with Crippen LogP contribution in [0.2, 0.25) is 0 Å². The molecule has 1 unspecified atom stereocenters. The summed E-state index contributed by atoms with van der Waals surface area (Å²) in [6.07, 6.45) is 1.62. The molecule has 1 atom stereocenters. The van der Waals surface area contributed by atoms with Crippen LogP contribution in [0.4, 0.5) is 0 Å².